The summed E-state index contributed by atoms with van der Waals surface area (Å²) < 4.78 is 0. The van der Waals surface area contributed by atoms with Crippen LogP contribution in [-0.2, 0) is 0 Å². The second-order valence-corrected chi connectivity index (χ2v) is 4.18. The molecule has 0 aromatic heterocycles. The summed E-state index contributed by atoms with van der Waals surface area (Å²) in [5.41, 5.74) is 13.2. The number of nitrogens with one attached hydrogen (secondary N) is 1. The topological polar surface area (TPSA) is 81.1 Å². The molecular weight excluding hydrogens is 250 g/mol. The molecule has 2 rings (SSSR count). The van der Waals surface area contributed by atoms with Crippen molar-refractivity contribution in [2.45, 2.75) is 0 Å². The van der Waals surface area contributed by atoms with Gasteiger partial charge in [-0.1, -0.05) is 23.7 Å². The molecule has 5 heteroatoms. The number of nitrogen functional groups attached to an aromatic ring is 1. The van der Waals surface area contributed by atoms with Crippen molar-refractivity contribution in [3.8, 4) is 0 Å². The number of hydrogen-bond acceptors (Lipinski definition) is 3. The Bertz CT molecular complexity index is 599. The lowest BCUT2D eigenvalue weighted by molar-refractivity contribution is 0.100. The van der Waals surface area contributed by atoms with E-state index in [4.69, 9.17) is 23.1 Å². The molecule has 0 aliphatic heterocycles. The monoisotopic (exact) mass is 261 g/mol. The van der Waals surface area contributed by atoms with E-state index in [2.05, 4.69) is 5.32 Å². The van der Waals surface area contributed by atoms with Crippen molar-refractivity contribution < 1.29 is 4.79 Å². The van der Waals surface area contributed by atoms with E-state index >= 15 is 0 Å². The zero-order chi connectivity index (χ0) is 13.1. The molecule has 0 saturated carbocycles. The van der Waals surface area contributed by atoms with Gasteiger partial charge in [-0.3, -0.25) is 4.79 Å². The summed E-state index contributed by atoms with van der Waals surface area (Å²) in [7, 11) is 0. The van der Waals surface area contributed by atoms with Crippen molar-refractivity contribution in [1.82, 2.24) is 0 Å². The van der Waals surface area contributed by atoms with E-state index in [-0.39, 0.29) is 0 Å². The number of carbonyl (C=O) groups excluding carboxylic acids is 1. The SMILES string of the molecule is NC(=O)c1ccccc1Nc1cc(N)ccc1Cl. The first-order valence-electron chi connectivity index (χ1n) is 5.29. The number of para-hydroxylation sites is 1. The van der Waals surface area contributed by atoms with Crippen LogP contribution in [-0.4, -0.2) is 5.91 Å². The van der Waals surface area contributed by atoms with Gasteiger partial charge in [0.1, 0.15) is 0 Å². The van der Waals surface area contributed by atoms with Gasteiger partial charge in [0.2, 0.25) is 0 Å². The second-order valence-electron chi connectivity index (χ2n) is 3.77. The predicted molar refractivity (Wildman–Crippen MR) is 74.1 cm³/mol. The van der Waals surface area contributed by atoms with Crippen LogP contribution in [0.1, 0.15) is 10.4 Å². The lowest BCUT2D eigenvalue weighted by Gasteiger charge is -2.11. The maximum atomic E-state index is 11.3. The molecule has 0 aliphatic carbocycles. The Kier molecular flexibility index (Phi) is 3.39. The lowest BCUT2D eigenvalue weighted by atomic mass is 10.1. The molecule has 5 N–H and O–H groups in total. The number of halogens is 1. The van der Waals surface area contributed by atoms with E-state index in [0.717, 1.165) is 0 Å². The largest absolute Gasteiger partial charge is 0.399 e. The van der Waals surface area contributed by atoms with Gasteiger partial charge in [-0.15, -0.1) is 0 Å². The summed E-state index contributed by atoms with van der Waals surface area (Å²) in [6, 6.07) is 12.0. The molecule has 2 aromatic carbocycles. The summed E-state index contributed by atoms with van der Waals surface area (Å²) in [6.45, 7) is 0. The van der Waals surface area contributed by atoms with Gasteiger partial charge in [-0.05, 0) is 30.3 Å². The predicted octanol–water partition coefficient (Wildman–Crippen LogP) is 2.76. The van der Waals surface area contributed by atoms with Gasteiger partial charge >= 0.3 is 0 Å². The Hall–Kier alpha value is -2.20. The van der Waals surface area contributed by atoms with E-state index in [9.17, 15) is 4.79 Å². The molecule has 92 valence electrons. The van der Waals surface area contributed by atoms with E-state index in [1.54, 1.807) is 42.5 Å². The molecule has 0 fully saturated rings. The summed E-state index contributed by atoms with van der Waals surface area (Å²) in [4.78, 5) is 11.3. The van der Waals surface area contributed by atoms with Crippen LogP contribution in [0.4, 0.5) is 17.1 Å². The van der Waals surface area contributed by atoms with Crippen molar-refractivity contribution in [1.29, 1.82) is 0 Å². The van der Waals surface area contributed by atoms with Crippen LogP contribution in [0, 0.1) is 0 Å². The highest BCUT2D eigenvalue weighted by molar-refractivity contribution is 6.33. The maximum Gasteiger partial charge on any atom is 0.250 e. The van der Waals surface area contributed by atoms with Gasteiger partial charge in [-0.2, -0.15) is 0 Å². The molecule has 2 aromatic rings. The van der Waals surface area contributed by atoms with Crippen molar-refractivity contribution in [3.63, 3.8) is 0 Å². The standard InChI is InChI=1S/C13H12ClN3O/c14-10-6-5-8(15)7-12(10)17-11-4-2-1-3-9(11)13(16)18/h1-7,17H,15H2,(H2,16,18). The Labute approximate surface area is 110 Å². The minimum atomic E-state index is -0.502. The van der Waals surface area contributed by atoms with E-state index in [0.29, 0.717) is 27.6 Å². The Morgan fingerprint density at radius 1 is 1.11 bits per heavy atom. The van der Waals surface area contributed by atoms with E-state index in [1.165, 1.54) is 0 Å². The fourth-order valence-corrected chi connectivity index (χ4v) is 1.76. The van der Waals surface area contributed by atoms with Crippen molar-refractivity contribution in [2.24, 2.45) is 5.73 Å². The number of nitrogens with two attached hydrogens (primary N) is 2. The first kappa shape index (κ1) is 12.3. The highest BCUT2D eigenvalue weighted by atomic mass is 35.5. The fraction of sp³-hybridized carbons (Fsp3) is 0. The van der Waals surface area contributed by atoms with Gasteiger partial charge in [0, 0.05) is 5.69 Å². The molecule has 0 heterocycles. The van der Waals surface area contributed by atoms with Crippen LogP contribution in [0.15, 0.2) is 42.5 Å². The third-order valence-electron chi connectivity index (χ3n) is 2.45. The minimum absolute atomic E-state index is 0.399. The van der Waals surface area contributed by atoms with Crippen LogP contribution in [0.5, 0.6) is 0 Å². The van der Waals surface area contributed by atoms with Gasteiger partial charge in [0.15, 0.2) is 0 Å². The number of primary amides is 1. The summed E-state index contributed by atoms with van der Waals surface area (Å²) in [6.07, 6.45) is 0. The number of carbonyl (C=O) groups is 1. The van der Waals surface area contributed by atoms with Gasteiger partial charge in [-0.25, -0.2) is 0 Å². The first-order valence-corrected chi connectivity index (χ1v) is 5.66. The van der Waals surface area contributed by atoms with Gasteiger partial charge in [0.05, 0.1) is 22.0 Å². The molecule has 0 atom stereocenters. The fourth-order valence-electron chi connectivity index (χ4n) is 1.59. The Morgan fingerprint density at radius 3 is 2.56 bits per heavy atom. The summed E-state index contributed by atoms with van der Waals surface area (Å²) in [5.74, 6) is -0.502. The molecule has 0 saturated heterocycles. The number of hydrogen-bond donors (Lipinski definition) is 3. The quantitative estimate of drug-likeness (QED) is 0.743. The van der Waals surface area contributed by atoms with Gasteiger partial charge in [0.25, 0.3) is 5.91 Å². The molecule has 0 radical (unpaired) electrons. The van der Waals surface area contributed by atoms with E-state index < -0.39 is 5.91 Å². The Balaban J connectivity index is 2.40. The van der Waals surface area contributed by atoms with Gasteiger partial charge < -0.3 is 16.8 Å². The van der Waals surface area contributed by atoms with Crippen molar-refractivity contribution >= 4 is 34.6 Å². The average Bonchev–Trinajstić information content (AvgIpc) is 2.34. The summed E-state index contributed by atoms with van der Waals surface area (Å²) >= 11 is 6.04. The zero-order valence-electron chi connectivity index (χ0n) is 9.48. The molecule has 0 bridgehead atoms. The zero-order valence-corrected chi connectivity index (χ0v) is 10.2. The van der Waals surface area contributed by atoms with Crippen molar-refractivity contribution in [2.75, 3.05) is 11.1 Å². The van der Waals surface area contributed by atoms with Crippen LogP contribution >= 0.6 is 11.6 Å². The molecule has 4 nitrogen and oxygen atoms in total. The lowest BCUT2D eigenvalue weighted by Crippen LogP contribution is -2.13. The molecule has 1 amide bonds. The maximum absolute atomic E-state index is 11.3. The second kappa shape index (κ2) is 4.98. The van der Waals surface area contributed by atoms with Crippen LogP contribution in [0.2, 0.25) is 5.02 Å². The highest BCUT2D eigenvalue weighted by Crippen LogP contribution is 2.28. The third kappa shape index (κ3) is 2.55. The molecular formula is C13H12ClN3O. The molecule has 0 unspecified atom stereocenters. The Morgan fingerprint density at radius 2 is 1.83 bits per heavy atom. The number of anilines is 3. The minimum Gasteiger partial charge on any atom is -0.399 e. The highest BCUT2D eigenvalue weighted by Gasteiger charge is 2.08. The number of rotatable bonds is 3. The normalized spacial score (nSPS) is 10.1. The third-order valence-corrected chi connectivity index (χ3v) is 2.78. The summed E-state index contributed by atoms with van der Waals surface area (Å²) in [5, 5.41) is 3.57. The number of amides is 1. The average molecular weight is 262 g/mol. The van der Waals surface area contributed by atoms with Crippen LogP contribution in [0.3, 0.4) is 0 Å². The number of benzene rings is 2. The molecule has 18 heavy (non-hydrogen) atoms. The van der Waals surface area contributed by atoms with Crippen LogP contribution < -0.4 is 16.8 Å². The molecule has 0 aliphatic rings. The molecule has 0 spiro atoms. The van der Waals surface area contributed by atoms with Crippen molar-refractivity contribution in [3.05, 3.63) is 53.1 Å². The smallest absolute Gasteiger partial charge is 0.250 e. The first-order chi connectivity index (χ1) is 8.58. The van der Waals surface area contributed by atoms with E-state index in [1.807, 2.05) is 0 Å². The van der Waals surface area contributed by atoms with Crippen LogP contribution in [0.25, 0.3) is 0 Å².